The van der Waals surface area contributed by atoms with Crippen LogP contribution in [0.25, 0.3) is 10.9 Å². The van der Waals surface area contributed by atoms with Gasteiger partial charge in [-0.2, -0.15) is 0 Å². The average molecular weight is 326 g/mol. The highest BCUT2D eigenvalue weighted by molar-refractivity contribution is 6.06. The number of hydrogen-bond acceptors (Lipinski definition) is 4. The Bertz CT molecular complexity index is 797. The molecule has 1 aliphatic carbocycles. The van der Waals surface area contributed by atoms with Gasteiger partial charge in [0.25, 0.3) is 5.91 Å². The van der Waals surface area contributed by atoms with Crippen molar-refractivity contribution < 1.29 is 19.5 Å². The van der Waals surface area contributed by atoms with Crippen molar-refractivity contribution in [2.24, 2.45) is 5.92 Å². The van der Waals surface area contributed by atoms with Gasteiger partial charge in [0.15, 0.2) is 0 Å². The van der Waals surface area contributed by atoms with Crippen LogP contribution in [0.4, 0.5) is 0 Å². The predicted octanol–water partition coefficient (Wildman–Crippen LogP) is 2.18. The summed E-state index contributed by atoms with van der Waals surface area (Å²) in [6.07, 6.45) is 3.57. The van der Waals surface area contributed by atoms with E-state index in [-0.39, 0.29) is 18.1 Å². The van der Waals surface area contributed by atoms with E-state index in [9.17, 15) is 19.5 Å². The van der Waals surface area contributed by atoms with Crippen LogP contribution in [0.2, 0.25) is 0 Å². The smallest absolute Gasteiger partial charge is 0.326 e. The molecule has 2 N–H and O–H groups in total. The third-order valence-corrected chi connectivity index (χ3v) is 4.42. The number of aliphatic carboxylic acids is 1. The molecule has 1 heterocycles. The maximum absolute atomic E-state index is 12.6. The fraction of sp³-hybridized carbons (Fsp3) is 0.333. The first-order valence-corrected chi connectivity index (χ1v) is 7.95. The summed E-state index contributed by atoms with van der Waals surface area (Å²) in [5, 5.41) is 12.9. The van der Waals surface area contributed by atoms with Crippen LogP contribution in [0.15, 0.2) is 36.5 Å². The molecule has 1 aromatic heterocycles. The fourth-order valence-corrected chi connectivity index (χ4v) is 3.23. The van der Waals surface area contributed by atoms with E-state index in [1.807, 2.05) is 12.1 Å². The Labute approximate surface area is 138 Å². The molecule has 0 unspecified atom stereocenters. The molecular weight excluding hydrogens is 308 g/mol. The first kappa shape index (κ1) is 16.1. The highest BCUT2D eigenvalue weighted by Crippen LogP contribution is 2.25. The summed E-state index contributed by atoms with van der Waals surface area (Å²) in [7, 11) is 0. The maximum atomic E-state index is 12.6. The monoisotopic (exact) mass is 326 g/mol. The first-order valence-electron chi connectivity index (χ1n) is 7.95. The molecule has 0 bridgehead atoms. The van der Waals surface area contributed by atoms with E-state index in [0.29, 0.717) is 30.3 Å². The number of carbonyl (C=O) groups is 3. The molecule has 1 saturated carbocycles. The van der Waals surface area contributed by atoms with Gasteiger partial charge in [-0.15, -0.1) is 0 Å². The number of aromatic nitrogens is 1. The van der Waals surface area contributed by atoms with Gasteiger partial charge in [0, 0.05) is 24.4 Å². The van der Waals surface area contributed by atoms with E-state index in [1.165, 1.54) is 0 Å². The molecule has 1 aromatic carbocycles. The van der Waals surface area contributed by atoms with Crippen molar-refractivity contribution in [1.29, 1.82) is 0 Å². The molecule has 2 aromatic rings. The van der Waals surface area contributed by atoms with Crippen LogP contribution in [-0.4, -0.2) is 33.8 Å². The van der Waals surface area contributed by atoms with E-state index >= 15 is 0 Å². The third kappa shape index (κ3) is 3.27. The van der Waals surface area contributed by atoms with Crippen molar-refractivity contribution in [3.05, 3.63) is 42.1 Å². The lowest BCUT2D eigenvalue weighted by molar-refractivity contribution is -0.141. The normalized spacial score (nSPS) is 19.0. The standard InChI is InChI=1S/C18H18N2O4/c21-13-7-1-5-12(10-13)16(18(23)24)20-17(22)14-8-2-4-11-6-3-9-19-15(11)14/h2-4,6,8-9,12,16H,1,5,7,10H2,(H,20,22)(H,23,24)/t12-,16+/m1/s1. The highest BCUT2D eigenvalue weighted by Gasteiger charge is 2.33. The van der Waals surface area contributed by atoms with Crippen molar-refractivity contribution in [1.82, 2.24) is 10.3 Å². The summed E-state index contributed by atoms with van der Waals surface area (Å²) >= 11 is 0. The zero-order chi connectivity index (χ0) is 17.1. The summed E-state index contributed by atoms with van der Waals surface area (Å²) in [4.78, 5) is 40.0. The number of ketones is 1. The number of carbonyl (C=O) groups excluding carboxylic acids is 2. The molecule has 24 heavy (non-hydrogen) atoms. The first-order chi connectivity index (χ1) is 11.6. The Kier molecular flexibility index (Phi) is 4.55. The molecule has 0 radical (unpaired) electrons. The van der Waals surface area contributed by atoms with Crippen molar-refractivity contribution in [3.8, 4) is 0 Å². The minimum atomic E-state index is -1.11. The number of fused-ring (bicyclic) bond motifs is 1. The summed E-state index contributed by atoms with van der Waals surface area (Å²) in [6, 6.07) is 7.74. The number of rotatable bonds is 4. The van der Waals surface area contributed by atoms with Crippen molar-refractivity contribution in [3.63, 3.8) is 0 Å². The summed E-state index contributed by atoms with van der Waals surface area (Å²) < 4.78 is 0. The Morgan fingerprint density at radius 3 is 2.79 bits per heavy atom. The Hall–Kier alpha value is -2.76. The fourth-order valence-electron chi connectivity index (χ4n) is 3.23. The minimum absolute atomic E-state index is 0.0542. The summed E-state index contributed by atoms with van der Waals surface area (Å²) in [5.41, 5.74) is 0.864. The van der Waals surface area contributed by atoms with Gasteiger partial charge in [0.1, 0.15) is 11.8 Å². The van der Waals surface area contributed by atoms with Crippen LogP contribution in [0.5, 0.6) is 0 Å². The Morgan fingerprint density at radius 1 is 1.25 bits per heavy atom. The van der Waals surface area contributed by atoms with Gasteiger partial charge in [-0.25, -0.2) is 4.79 Å². The van der Waals surface area contributed by atoms with Crippen LogP contribution >= 0.6 is 0 Å². The van der Waals surface area contributed by atoms with Crippen LogP contribution in [0.3, 0.4) is 0 Å². The van der Waals surface area contributed by atoms with Crippen LogP contribution in [0, 0.1) is 5.92 Å². The second-order valence-corrected chi connectivity index (χ2v) is 6.07. The number of carboxylic acid groups (broad SMARTS) is 1. The third-order valence-electron chi connectivity index (χ3n) is 4.42. The lowest BCUT2D eigenvalue weighted by atomic mass is 9.83. The van der Waals surface area contributed by atoms with E-state index < -0.39 is 17.9 Å². The number of hydrogen-bond donors (Lipinski definition) is 2. The topological polar surface area (TPSA) is 96.4 Å². The average Bonchev–Trinajstić information content (AvgIpc) is 2.58. The van der Waals surface area contributed by atoms with Crippen LogP contribution < -0.4 is 5.32 Å². The number of Topliss-reactive ketones (excluding diaryl/α,β-unsaturated/α-hetero) is 1. The quantitative estimate of drug-likeness (QED) is 0.897. The van der Waals surface area contributed by atoms with Gasteiger partial charge in [-0.05, 0) is 30.9 Å². The van der Waals surface area contributed by atoms with Crippen molar-refractivity contribution in [2.75, 3.05) is 0 Å². The van der Waals surface area contributed by atoms with Gasteiger partial charge >= 0.3 is 5.97 Å². The van der Waals surface area contributed by atoms with E-state index in [1.54, 1.807) is 24.4 Å². The van der Waals surface area contributed by atoms with Crippen LogP contribution in [-0.2, 0) is 9.59 Å². The Morgan fingerprint density at radius 2 is 2.04 bits per heavy atom. The SMILES string of the molecule is O=C1CCC[C@@H]([C@H](NC(=O)c2cccc3cccnc23)C(=O)O)C1. The number of benzene rings is 1. The van der Waals surface area contributed by atoms with E-state index in [0.717, 1.165) is 5.39 Å². The lowest BCUT2D eigenvalue weighted by Crippen LogP contribution is -2.47. The molecule has 0 saturated heterocycles. The molecule has 0 spiro atoms. The van der Waals surface area contributed by atoms with Crippen molar-refractivity contribution >= 4 is 28.6 Å². The molecule has 3 rings (SSSR count). The molecule has 1 amide bonds. The highest BCUT2D eigenvalue weighted by atomic mass is 16.4. The van der Waals surface area contributed by atoms with Crippen LogP contribution in [0.1, 0.15) is 36.0 Å². The summed E-state index contributed by atoms with van der Waals surface area (Å²) in [6.45, 7) is 0. The Balaban J connectivity index is 1.85. The molecule has 6 heteroatoms. The van der Waals surface area contributed by atoms with E-state index in [2.05, 4.69) is 10.3 Å². The minimum Gasteiger partial charge on any atom is -0.480 e. The number of para-hydroxylation sites is 1. The largest absolute Gasteiger partial charge is 0.480 e. The number of carboxylic acids is 1. The molecule has 1 fully saturated rings. The second kappa shape index (κ2) is 6.78. The molecule has 124 valence electrons. The molecule has 6 nitrogen and oxygen atoms in total. The molecule has 0 aliphatic heterocycles. The van der Waals surface area contributed by atoms with Crippen molar-refractivity contribution in [2.45, 2.75) is 31.7 Å². The predicted molar refractivity (Wildman–Crippen MR) is 87.6 cm³/mol. The van der Waals surface area contributed by atoms with Gasteiger partial charge < -0.3 is 10.4 Å². The summed E-state index contributed by atoms with van der Waals surface area (Å²) in [5.74, 6) is -1.91. The van der Waals surface area contributed by atoms with Gasteiger partial charge in [0.05, 0.1) is 11.1 Å². The number of amides is 1. The van der Waals surface area contributed by atoms with Gasteiger partial charge in [0.2, 0.25) is 0 Å². The lowest BCUT2D eigenvalue weighted by Gasteiger charge is -2.27. The number of nitrogens with one attached hydrogen (secondary N) is 1. The zero-order valence-corrected chi connectivity index (χ0v) is 13.1. The van der Waals surface area contributed by atoms with Gasteiger partial charge in [-0.3, -0.25) is 14.6 Å². The van der Waals surface area contributed by atoms with Gasteiger partial charge in [-0.1, -0.05) is 18.2 Å². The molecule has 2 atom stereocenters. The molecule has 1 aliphatic rings. The molecular formula is C18H18N2O4. The van der Waals surface area contributed by atoms with E-state index in [4.69, 9.17) is 0 Å². The zero-order valence-electron chi connectivity index (χ0n) is 13.1. The number of nitrogens with zero attached hydrogens (tertiary/aromatic N) is 1. The second-order valence-electron chi connectivity index (χ2n) is 6.07. The number of pyridine rings is 1. The maximum Gasteiger partial charge on any atom is 0.326 e.